The Morgan fingerprint density at radius 2 is 1.71 bits per heavy atom. The van der Waals surface area contributed by atoms with E-state index in [2.05, 4.69) is 5.32 Å². The number of carboxylic acid groups (broad SMARTS) is 1. The Kier molecular flexibility index (Phi) is 7.91. The first-order chi connectivity index (χ1) is 14.7. The van der Waals surface area contributed by atoms with Crippen molar-refractivity contribution in [2.45, 2.75) is 43.6 Å². The second-order valence-electron chi connectivity index (χ2n) is 7.45. The monoisotopic (exact) mass is 467 g/mol. The van der Waals surface area contributed by atoms with Crippen LogP contribution in [0.15, 0.2) is 42.5 Å². The molecular formula is C22H23Cl2NO6. The van der Waals surface area contributed by atoms with E-state index in [0.717, 1.165) is 23.1 Å². The van der Waals surface area contributed by atoms with Crippen molar-refractivity contribution in [2.75, 3.05) is 6.61 Å². The van der Waals surface area contributed by atoms with Gasteiger partial charge in [-0.1, -0.05) is 47.5 Å². The normalized spacial score (nSPS) is 18.9. The van der Waals surface area contributed by atoms with E-state index in [9.17, 15) is 19.8 Å². The summed E-state index contributed by atoms with van der Waals surface area (Å²) < 4.78 is 5.34. The van der Waals surface area contributed by atoms with Crippen LogP contribution in [-0.2, 0) is 20.7 Å². The third-order valence-corrected chi connectivity index (χ3v) is 5.58. The number of hydrogen-bond donors (Lipinski definition) is 4. The average Bonchev–Trinajstić information content (AvgIpc) is 3.27. The summed E-state index contributed by atoms with van der Waals surface area (Å²) in [6.45, 7) is 0.470. The lowest BCUT2D eigenvalue weighted by atomic mass is 9.95. The van der Waals surface area contributed by atoms with Crippen LogP contribution >= 0.6 is 23.2 Å². The molecule has 4 atom stereocenters. The Balaban J connectivity index is 1.77. The molecule has 4 unspecified atom stereocenters. The number of aliphatic carboxylic acids is 1. The van der Waals surface area contributed by atoms with E-state index in [1.165, 1.54) is 0 Å². The van der Waals surface area contributed by atoms with Gasteiger partial charge in [0.15, 0.2) is 6.10 Å². The van der Waals surface area contributed by atoms with E-state index in [0.29, 0.717) is 23.1 Å². The van der Waals surface area contributed by atoms with E-state index in [4.69, 9.17) is 33.0 Å². The number of amides is 1. The molecule has 1 aliphatic heterocycles. The molecular weight excluding hydrogens is 445 g/mol. The Hall–Kier alpha value is -2.16. The van der Waals surface area contributed by atoms with E-state index in [1.54, 1.807) is 30.3 Å². The zero-order valence-corrected chi connectivity index (χ0v) is 18.0. The number of ether oxygens (including phenoxy) is 1. The number of aliphatic hydroxyl groups is 2. The molecule has 0 saturated carbocycles. The molecule has 0 aliphatic carbocycles. The van der Waals surface area contributed by atoms with Gasteiger partial charge in [0, 0.05) is 16.7 Å². The van der Waals surface area contributed by atoms with Crippen LogP contribution in [-0.4, -0.2) is 58.2 Å². The van der Waals surface area contributed by atoms with Crippen LogP contribution < -0.4 is 5.32 Å². The lowest BCUT2D eigenvalue weighted by Crippen LogP contribution is -2.53. The molecule has 0 spiro atoms. The first-order valence-corrected chi connectivity index (χ1v) is 10.6. The molecule has 1 saturated heterocycles. The molecule has 2 aromatic carbocycles. The highest BCUT2D eigenvalue weighted by Crippen LogP contribution is 2.27. The largest absolute Gasteiger partial charge is 0.479 e. The third kappa shape index (κ3) is 6.18. The summed E-state index contributed by atoms with van der Waals surface area (Å²) in [5.41, 5.74) is 2.42. The molecule has 3 rings (SSSR count). The number of hydrogen-bond acceptors (Lipinski definition) is 5. The number of rotatable bonds is 8. The third-order valence-electron chi connectivity index (χ3n) is 5.14. The van der Waals surface area contributed by atoms with Gasteiger partial charge in [-0.05, 0) is 54.2 Å². The van der Waals surface area contributed by atoms with Crippen molar-refractivity contribution in [1.29, 1.82) is 0 Å². The predicted molar refractivity (Wildman–Crippen MR) is 116 cm³/mol. The van der Waals surface area contributed by atoms with Gasteiger partial charge in [-0.2, -0.15) is 0 Å². The molecule has 1 aliphatic rings. The van der Waals surface area contributed by atoms with Crippen LogP contribution in [0.3, 0.4) is 0 Å². The molecule has 166 valence electrons. The highest BCUT2D eigenvalue weighted by molar-refractivity contribution is 6.35. The number of carbonyl (C=O) groups excluding carboxylic acids is 1. The number of halogens is 2. The molecule has 9 heteroatoms. The Bertz CT molecular complexity index is 910. The molecule has 31 heavy (non-hydrogen) atoms. The van der Waals surface area contributed by atoms with Crippen molar-refractivity contribution >= 4 is 35.1 Å². The quantitative estimate of drug-likeness (QED) is 0.474. The van der Waals surface area contributed by atoms with Crippen molar-refractivity contribution < 1.29 is 29.6 Å². The van der Waals surface area contributed by atoms with Gasteiger partial charge in [-0.3, -0.25) is 4.79 Å². The summed E-state index contributed by atoms with van der Waals surface area (Å²) >= 11 is 12.1. The topological polar surface area (TPSA) is 116 Å². The summed E-state index contributed by atoms with van der Waals surface area (Å²) in [6.07, 6.45) is -2.98. The maximum Gasteiger partial charge on any atom is 0.335 e. The Labute approximate surface area is 189 Å². The zero-order valence-electron chi connectivity index (χ0n) is 16.5. The highest BCUT2D eigenvalue weighted by Gasteiger charge is 2.34. The SMILES string of the molecule is O=C(NC(Cc1ccc(-c2cc(Cl)cc(Cl)c2)cc1)C(O)C(O)C(=O)O)C1CCCO1. The summed E-state index contributed by atoms with van der Waals surface area (Å²) in [7, 11) is 0. The average molecular weight is 468 g/mol. The molecule has 4 N–H and O–H groups in total. The van der Waals surface area contributed by atoms with E-state index in [-0.39, 0.29) is 6.42 Å². The molecule has 1 fully saturated rings. The van der Waals surface area contributed by atoms with Gasteiger partial charge < -0.3 is 25.4 Å². The van der Waals surface area contributed by atoms with Crippen LogP contribution in [0.25, 0.3) is 11.1 Å². The molecule has 0 bridgehead atoms. The smallest absolute Gasteiger partial charge is 0.335 e. The van der Waals surface area contributed by atoms with Gasteiger partial charge in [-0.15, -0.1) is 0 Å². The van der Waals surface area contributed by atoms with Crippen LogP contribution in [0, 0.1) is 0 Å². The molecule has 2 aromatic rings. The summed E-state index contributed by atoms with van der Waals surface area (Å²) in [5, 5.41) is 32.9. The Morgan fingerprint density at radius 1 is 1.06 bits per heavy atom. The fraction of sp³-hybridized carbons (Fsp3) is 0.364. The van der Waals surface area contributed by atoms with Crippen molar-refractivity contribution in [2.24, 2.45) is 0 Å². The fourth-order valence-corrected chi connectivity index (χ4v) is 4.02. The fourth-order valence-electron chi connectivity index (χ4n) is 3.49. The number of carbonyl (C=O) groups is 2. The number of aliphatic hydroxyl groups excluding tert-OH is 2. The van der Waals surface area contributed by atoms with Crippen molar-refractivity contribution in [3.63, 3.8) is 0 Å². The Morgan fingerprint density at radius 3 is 2.26 bits per heavy atom. The maximum atomic E-state index is 12.4. The second kappa shape index (κ2) is 10.4. The van der Waals surface area contributed by atoms with Crippen LogP contribution in [0.1, 0.15) is 18.4 Å². The van der Waals surface area contributed by atoms with Crippen LogP contribution in [0.5, 0.6) is 0 Å². The molecule has 1 heterocycles. The van der Waals surface area contributed by atoms with Gasteiger partial charge in [0.05, 0.1) is 6.04 Å². The molecule has 0 aromatic heterocycles. The second-order valence-corrected chi connectivity index (χ2v) is 8.32. The molecule has 7 nitrogen and oxygen atoms in total. The number of nitrogens with one attached hydrogen (secondary N) is 1. The number of carboxylic acids is 1. The minimum atomic E-state index is -2.04. The van der Waals surface area contributed by atoms with Gasteiger partial charge in [-0.25, -0.2) is 4.79 Å². The molecule has 1 amide bonds. The van der Waals surface area contributed by atoms with E-state index >= 15 is 0 Å². The minimum absolute atomic E-state index is 0.112. The maximum absolute atomic E-state index is 12.4. The van der Waals surface area contributed by atoms with Crippen molar-refractivity contribution in [1.82, 2.24) is 5.32 Å². The van der Waals surface area contributed by atoms with Gasteiger partial charge in [0.25, 0.3) is 0 Å². The van der Waals surface area contributed by atoms with Gasteiger partial charge >= 0.3 is 5.97 Å². The van der Waals surface area contributed by atoms with Gasteiger partial charge in [0.2, 0.25) is 5.91 Å². The first kappa shape index (κ1) is 23.5. The minimum Gasteiger partial charge on any atom is -0.479 e. The standard InChI is InChI=1S/C22H23Cl2NO6/c23-15-9-14(10-16(24)11-15)13-5-3-12(4-6-13)8-17(19(26)20(27)22(29)30)25-21(28)18-2-1-7-31-18/h3-6,9-11,17-20,26-27H,1-2,7-8H2,(H,25,28)(H,29,30). The summed E-state index contributed by atoms with van der Waals surface area (Å²) in [4.78, 5) is 23.6. The van der Waals surface area contributed by atoms with E-state index in [1.807, 2.05) is 12.1 Å². The van der Waals surface area contributed by atoms with Crippen molar-refractivity contribution in [3.8, 4) is 11.1 Å². The number of benzene rings is 2. The summed E-state index contributed by atoms with van der Waals surface area (Å²) in [6, 6.07) is 11.4. The van der Waals surface area contributed by atoms with E-state index < -0.39 is 36.2 Å². The van der Waals surface area contributed by atoms with Crippen LogP contribution in [0.4, 0.5) is 0 Å². The predicted octanol–water partition coefficient (Wildman–Crippen LogP) is 2.67. The first-order valence-electron chi connectivity index (χ1n) is 9.81. The molecule has 0 radical (unpaired) electrons. The lowest BCUT2D eigenvalue weighted by molar-refractivity contribution is -0.155. The lowest BCUT2D eigenvalue weighted by Gasteiger charge is -2.27. The van der Waals surface area contributed by atoms with Gasteiger partial charge in [0.1, 0.15) is 12.2 Å². The zero-order chi connectivity index (χ0) is 22.5. The van der Waals surface area contributed by atoms with Crippen molar-refractivity contribution in [3.05, 3.63) is 58.1 Å². The highest BCUT2D eigenvalue weighted by atomic mass is 35.5. The summed E-state index contributed by atoms with van der Waals surface area (Å²) in [5.74, 6) is -2.01. The van der Waals surface area contributed by atoms with Crippen LogP contribution in [0.2, 0.25) is 10.0 Å².